The van der Waals surface area contributed by atoms with E-state index in [4.69, 9.17) is 0 Å². The van der Waals surface area contributed by atoms with Crippen molar-refractivity contribution < 1.29 is 9.13 Å². The molecule has 1 aromatic rings. The van der Waals surface area contributed by atoms with Crippen molar-refractivity contribution in [3.63, 3.8) is 0 Å². The molecule has 0 N–H and O–H groups in total. The Morgan fingerprint density at radius 1 is 0.611 bits per heavy atom. The largest absolute Gasteiger partial charge is 0.248 e. The first-order valence-electron chi connectivity index (χ1n) is 7.25. The Labute approximate surface area is 113 Å². The van der Waals surface area contributed by atoms with Gasteiger partial charge in [-0.15, -0.1) is 0 Å². The minimum Gasteiger partial charge on any atom is -0.189 e. The van der Waals surface area contributed by atoms with Gasteiger partial charge < -0.3 is 0 Å². The van der Waals surface area contributed by atoms with E-state index in [9.17, 15) is 0 Å². The van der Waals surface area contributed by atoms with Gasteiger partial charge in [-0.05, 0) is 27.7 Å². The molecule has 0 unspecified atom stereocenters. The predicted octanol–water partition coefficient (Wildman–Crippen LogP) is 3.67. The van der Waals surface area contributed by atoms with E-state index in [-0.39, 0.29) is 0 Å². The second kappa shape index (κ2) is 5.81. The molecular weight excluding hydrogens is 220 g/mol. The SMILES string of the molecule is CC(C)c1c[n+](C(C)C)c(C(C)C)c[n+]1C(C)C. The molecule has 0 aliphatic rings. The Kier molecular flexibility index (Phi) is 4.89. The summed E-state index contributed by atoms with van der Waals surface area (Å²) in [6, 6.07) is 1.03. The lowest BCUT2D eigenvalue weighted by Gasteiger charge is -2.14. The highest BCUT2D eigenvalue weighted by molar-refractivity contribution is 4.96. The Morgan fingerprint density at radius 2 is 0.889 bits per heavy atom. The summed E-state index contributed by atoms with van der Waals surface area (Å²) < 4.78 is 4.86. The Bertz CT molecular complexity index is 330. The van der Waals surface area contributed by atoms with Gasteiger partial charge in [0.25, 0.3) is 0 Å². The van der Waals surface area contributed by atoms with E-state index < -0.39 is 0 Å². The van der Waals surface area contributed by atoms with Crippen LogP contribution in [0.2, 0.25) is 0 Å². The summed E-state index contributed by atoms with van der Waals surface area (Å²) in [5.41, 5.74) is 2.84. The summed E-state index contributed by atoms with van der Waals surface area (Å²) in [6.07, 6.45) is 4.70. The summed E-state index contributed by atoms with van der Waals surface area (Å²) in [4.78, 5) is 0. The van der Waals surface area contributed by atoms with Gasteiger partial charge in [-0.25, -0.2) is 0 Å². The minimum absolute atomic E-state index is 0.515. The fourth-order valence-electron chi connectivity index (χ4n) is 2.36. The van der Waals surface area contributed by atoms with E-state index in [1.807, 2.05) is 0 Å². The smallest absolute Gasteiger partial charge is 0.189 e. The highest BCUT2D eigenvalue weighted by Crippen LogP contribution is 2.15. The second-order valence-electron chi connectivity index (χ2n) is 6.42. The molecule has 0 aliphatic carbocycles. The van der Waals surface area contributed by atoms with E-state index in [0.717, 1.165) is 0 Å². The van der Waals surface area contributed by atoms with Gasteiger partial charge in [-0.2, -0.15) is 9.13 Å². The van der Waals surface area contributed by atoms with Crippen LogP contribution >= 0.6 is 0 Å². The first kappa shape index (κ1) is 15.1. The standard InChI is InChI=1S/C16H30N2/c1-11(2)15-9-18(14(7)8)16(12(3)4)10-17(15)13(5)6/h9-14H,1-8H3/q+2. The van der Waals surface area contributed by atoms with Gasteiger partial charge in [0.05, 0.1) is 0 Å². The number of nitrogens with zero attached hydrogens (tertiary/aromatic N) is 2. The monoisotopic (exact) mass is 250 g/mol. The van der Waals surface area contributed by atoms with Crippen molar-refractivity contribution in [3.05, 3.63) is 23.8 Å². The molecule has 1 aromatic heterocycles. The van der Waals surface area contributed by atoms with Crippen molar-refractivity contribution in [2.24, 2.45) is 0 Å². The zero-order valence-corrected chi connectivity index (χ0v) is 13.4. The summed E-state index contributed by atoms with van der Waals surface area (Å²) in [6.45, 7) is 18.1. The third kappa shape index (κ3) is 3.09. The molecule has 102 valence electrons. The lowest BCUT2D eigenvalue weighted by atomic mass is 10.1. The molecule has 0 bridgehead atoms. The van der Waals surface area contributed by atoms with Gasteiger partial charge in [0.15, 0.2) is 12.1 Å². The number of aromatic nitrogens is 2. The summed E-state index contributed by atoms with van der Waals surface area (Å²) >= 11 is 0. The van der Waals surface area contributed by atoms with Crippen LogP contribution in [0.1, 0.15) is 90.7 Å². The molecule has 0 radical (unpaired) electrons. The molecule has 18 heavy (non-hydrogen) atoms. The number of hydrogen-bond acceptors (Lipinski definition) is 0. The van der Waals surface area contributed by atoms with Crippen LogP contribution in [0.25, 0.3) is 0 Å². The molecule has 2 heteroatoms. The topological polar surface area (TPSA) is 7.76 Å². The molecule has 0 atom stereocenters. The molecule has 0 amide bonds. The molecular formula is C16H30N2+2. The third-order valence-electron chi connectivity index (χ3n) is 3.43. The van der Waals surface area contributed by atoms with Crippen LogP contribution in [0.15, 0.2) is 12.4 Å². The molecule has 2 nitrogen and oxygen atoms in total. The molecule has 0 spiro atoms. The van der Waals surface area contributed by atoms with E-state index in [0.29, 0.717) is 23.9 Å². The zero-order chi connectivity index (χ0) is 14.0. The maximum absolute atomic E-state index is 2.43. The summed E-state index contributed by atoms with van der Waals surface area (Å²) in [5.74, 6) is 1.11. The van der Waals surface area contributed by atoms with Crippen LogP contribution in [-0.2, 0) is 0 Å². The van der Waals surface area contributed by atoms with Crippen LogP contribution in [0.5, 0.6) is 0 Å². The quantitative estimate of drug-likeness (QED) is 0.720. The van der Waals surface area contributed by atoms with Crippen molar-refractivity contribution in [1.82, 2.24) is 0 Å². The van der Waals surface area contributed by atoms with Gasteiger partial charge >= 0.3 is 0 Å². The second-order valence-corrected chi connectivity index (χ2v) is 6.42. The van der Waals surface area contributed by atoms with Gasteiger partial charge in [0, 0.05) is 11.8 Å². The van der Waals surface area contributed by atoms with Crippen molar-refractivity contribution in [1.29, 1.82) is 0 Å². The molecule has 0 saturated carbocycles. The van der Waals surface area contributed by atoms with Crippen LogP contribution < -0.4 is 9.13 Å². The molecule has 1 rings (SSSR count). The maximum Gasteiger partial charge on any atom is 0.248 e. The zero-order valence-electron chi connectivity index (χ0n) is 13.4. The van der Waals surface area contributed by atoms with E-state index in [1.54, 1.807) is 0 Å². The van der Waals surface area contributed by atoms with Crippen LogP contribution in [0.4, 0.5) is 0 Å². The van der Waals surface area contributed by atoms with Crippen LogP contribution in [-0.4, -0.2) is 0 Å². The number of rotatable bonds is 4. The van der Waals surface area contributed by atoms with Crippen molar-refractivity contribution >= 4 is 0 Å². The van der Waals surface area contributed by atoms with E-state index >= 15 is 0 Å². The predicted molar refractivity (Wildman–Crippen MR) is 75.8 cm³/mol. The molecule has 0 aliphatic heterocycles. The Balaban J connectivity index is 3.50. The Morgan fingerprint density at radius 3 is 1.06 bits per heavy atom. The molecule has 0 saturated heterocycles. The van der Waals surface area contributed by atoms with Gasteiger partial charge in [-0.1, -0.05) is 27.7 Å². The van der Waals surface area contributed by atoms with Gasteiger partial charge in [-0.3, -0.25) is 0 Å². The summed E-state index contributed by atoms with van der Waals surface area (Å²) in [7, 11) is 0. The third-order valence-corrected chi connectivity index (χ3v) is 3.43. The first-order valence-corrected chi connectivity index (χ1v) is 7.25. The molecule has 0 aromatic carbocycles. The highest BCUT2D eigenvalue weighted by Gasteiger charge is 2.29. The van der Waals surface area contributed by atoms with Gasteiger partial charge in [0.1, 0.15) is 0 Å². The van der Waals surface area contributed by atoms with Crippen LogP contribution in [0.3, 0.4) is 0 Å². The van der Waals surface area contributed by atoms with Crippen molar-refractivity contribution in [2.45, 2.75) is 79.3 Å². The van der Waals surface area contributed by atoms with E-state index in [1.165, 1.54) is 11.4 Å². The average Bonchev–Trinajstić information content (AvgIpc) is 2.26. The van der Waals surface area contributed by atoms with E-state index in [2.05, 4.69) is 76.9 Å². The van der Waals surface area contributed by atoms with Crippen molar-refractivity contribution in [3.8, 4) is 0 Å². The minimum atomic E-state index is 0.515. The molecule has 1 heterocycles. The fraction of sp³-hybridized carbons (Fsp3) is 0.750. The normalized spacial score (nSPS) is 12.2. The molecule has 0 fully saturated rings. The Hall–Kier alpha value is -0.920. The summed E-state index contributed by atoms with van der Waals surface area (Å²) in [5, 5.41) is 0. The lowest BCUT2D eigenvalue weighted by Crippen LogP contribution is -2.51. The number of hydrogen-bond donors (Lipinski definition) is 0. The van der Waals surface area contributed by atoms with Crippen LogP contribution in [0, 0.1) is 0 Å². The van der Waals surface area contributed by atoms with Gasteiger partial charge in [0.2, 0.25) is 23.8 Å². The maximum atomic E-state index is 2.43. The average molecular weight is 250 g/mol. The van der Waals surface area contributed by atoms with Crippen molar-refractivity contribution in [2.75, 3.05) is 0 Å². The highest BCUT2D eigenvalue weighted by atomic mass is 15.1. The lowest BCUT2D eigenvalue weighted by molar-refractivity contribution is -0.778. The fourth-order valence-corrected chi connectivity index (χ4v) is 2.36. The first-order chi connectivity index (χ1) is 8.25.